The molecule has 2 unspecified atom stereocenters. The summed E-state index contributed by atoms with van der Waals surface area (Å²) in [4.78, 5) is 22.6. The van der Waals surface area contributed by atoms with Crippen molar-refractivity contribution in [3.63, 3.8) is 0 Å². The lowest BCUT2D eigenvalue weighted by atomic mass is 10.0. The summed E-state index contributed by atoms with van der Waals surface area (Å²) in [5.74, 6) is -0.354. The van der Waals surface area contributed by atoms with Crippen LogP contribution in [0.4, 0.5) is 0 Å². The highest BCUT2D eigenvalue weighted by atomic mass is 31.2. The van der Waals surface area contributed by atoms with Crippen molar-refractivity contribution in [2.45, 2.75) is 251 Å². The minimum atomic E-state index is -4.30. The molecule has 0 saturated heterocycles. The van der Waals surface area contributed by atoms with Crippen molar-refractivity contribution in [3.05, 3.63) is 85.1 Å². The Labute approximate surface area is 419 Å². The summed E-state index contributed by atoms with van der Waals surface area (Å²) in [6, 6.07) is 0. The first-order valence-electron chi connectivity index (χ1n) is 28.1. The number of allylic oxidation sites excluding steroid dienone is 14. The zero-order valence-electron chi connectivity index (χ0n) is 44.1. The molecule has 0 aliphatic carbocycles. The Morgan fingerprint density at radius 3 is 1.25 bits per heavy atom. The number of esters is 1. The Balaban J connectivity index is 3.95. The first kappa shape index (κ1) is 65.7. The van der Waals surface area contributed by atoms with Gasteiger partial charge in [-0.2, -0.15) is 0 Å². The van der Waals surface area contributed by atoms with E-state index in [0.717, 1.165) is 83.5 Å². The molecule has 0 radical (unpaired) electrons. The Morgan fingerprint density at radius 2 is 0.824 bits per heavy atom. The molecule has 0 heterocycles. The third kappa shape index (κ3) is 54.6. The SMILES string of the molecule is CC/C=C\C/C=C\C/C=C\C/C=C\C/C=C\C/C=C\CCCCCCC(=O)OC(COCCCCCCCCCCCCCCCC/C=C\CCCCCCCCCC)COP(=O)(O)OCCN. The van der Waals surface area contributed by atoms with Gasteiger partial charge in [0, 0.05) is 19.6 Å². The van der Waals surface area contributed by atoms with E-state index in [1.807, 2.05) is 0 Å². The molecule has 0 amide bonds. The van der Waals surface area contributed by atoms with E-state index >= 15 is 0 Å². The summed E-state index contributed by atoms with van der Waals surface area (Å²) in [5, 5.41) is 0. The highest BCUT2D eigenvalue weighted by Crippen LogP contribution is 2.43. The maximum Gasteiger partial charge on any atom is 0.472 e. The molecular weight excluding hydrogens is 866 g/mol. The Bertz CT molecular complexity index is 1320. The topological polar surface area (TPSA) is 117 Å². The predicted octanol–water partition coefficient (Wildman–Crippen LogP) is 18.0. The largest absolute Gasteiger partial charge is 0.472 e. The van der Waals surface area contributed by atoms with Gasteiger partial charge in [-0.1, -0.05) is 234 Å². The molecule has 0 aliphatic rings. The molecule has 0 rings (SSSR count). The van der Waals surface area contributed by atoms with E-state index in [4.69, 9.17) is 24.3 Å². The molecule has 0 aromatic heterocycles. The molecule has 0 saturated carbocycles. The fourth-order valence-electron chi connectivity index (χ4n) is 7.70. The van der Waals surface area contributed by atoms with Crippen molar-refractivity contribution < 1.29 is 32.8 Å². The number of unbranched alkanes of at least 4 members (excludes halogenated alkanes) is 26. The Hall–Kier alpha value is -2.32. The predicted molar refractivity (Wildman–Crippen MR) is 293 cm³/mol. The van der Waals surface area contributed by atoms with Crippen molar-refractivity contribution in [1.82, 2.24) is 0 Å². The van der Waals surface area contributed by atoms with Crippen LogP contribution in [0.15, 0.2) is 85.1 Å². The van der Waals surface area contributed by atoms with Crippen molar-refractivity contribution in [1.29, 1.82) is 0 Å². The van der Waals surface area contributed by atoms with Crippen LogP contribution in [-0.2, 0) is 27.9 Å². The van der Waals surface area contributed by atoms with E-state index in [1.165, 1.54) is 141 Å². The quantitative estimate of drug-likeness (QED) is 0.0268. The van der Waals surface area contributed by atoms with Gasteiger partial charge in [-0.15, -0.1) is 0 Å². The second-order valence-electron chi connectivity index (χ2n) is 18.4. The van der Waals surface area contributed by atoms with Gasteiger partial charge in [-0.3, -0.25) is 13.8 Å². The van der Waals surface area contributed by atoms with E-state index in [-0.39, 0.29) is 38.8 Å². The smallest absolute Gasteiger partial charge is 0.457 e. The molecule has 9 heteroatoms. The first-order chi connectivity index (χ1) is 33.4. The van der Waals surface area contributed by atoms with E-state index in [2.05, 4.69) is 98.9 Å². The van der Waals surface area contributed by atoms with Crippen molar-refractivity contribution in [2.24, 2.45) is 5.73 Å². The summed E-state index contributed by atoms with van der Waals surface area (Å²) in [6.07, 6.45) is 73.5. The Morgan fingerprint density at radius 1 is 0.456 bits per heavy atom. The van der Waals surface area contributed by atoms with Gasteiger partial charge in [0.1, 0.15) is 6.10 Å². The lowest BCUT2D eigenvalue weighted by molar-refractivity contribution is -0.154. The van der Waals surface area contributed by atoms with Crippen LogP contribution in [0.3, 0.4) is 0 Å². The summed E-state index contributed by atoms with van der Waals surface area (Å²) in [7, 11) is -4.30. The van der Waals surface area contributed by atoms with Crippen molar-refractivity contribution >= 4 is 13.8 Å². The Kier molecular flexibility index (Phi) is 53.7. The maximum absolute atomic E-state index is 12.7. The number of rotatable bonds is 53. The monoisotopic (exact) mass is 972 g/mol. The van der Waals surface area contributed by atoms with Crippen LogP contribution < -0.4 is 5.73 Å². The van der Waals surface area contributed by atoms with Gasteiger partial charge in [-0.25, -0.2) is 4.57 Å². The molecule has 3 N–H and O–H groups in total. The molecule has 2 atom stereocenters. The maximum atomic E-state index is 12.7. The van der Waals surface area contributed by atoms with Gasteiger partial charge in [-0.05, 0) is 89.9 Å². The molecule has 0 spiro atoms. The fraction of sp³-hybridized carbons (Fsp3) is 0.746. The fourth-order valence-corrected chi connectivity index (χ4v) is 8.47. The second kappa shape index (κ2) is 55.6. The third-order valence-electron chi connectivity index (χ3n) is 11.8. The van der Waals surface area contributed by atoms with E-state index in [1.54, 1.807) is 0 Å². The van der Waals surface area contributed by atoms with Crippen LogP contribution in [0.25, 0.3) is 0 Å². The first-order valence-corrected chi connectivity index (χ1v) is 29.6. The standard InChI is InChI=1S/C59H106NO7P/c1-3-5-7-9-11-13-15-17-19-21-23-25-27-28-29-31-33-35-37-39-41-43-45-47-49-51-54-64-56-58(57-66-68(62,63)65-55-53-60)67-59(61)52-50-48-46-44-42-40-38-36-34-32-30-26-24-22-20-18-16-14-12-10-8-6-4-2/h6,8,12,14,18,20-21,23-24,26,32,34,38,40,58H,3-5,7,9-11,13,15-17,19,22,25,27-31,33,35-37,39,41-57,60H2,1-2H3,(H,62,63)/b8-6-,14-12-,20-18-,23-21-,26-24-,34-32-,40-38-. The van der Waals surface area contributed by atoms with Crippen molar-refractivity contribution in [3.8, 4) is 0 Å². The van der Waals surface area contributed by atoms with Crippen LogP contribution in [0.1, 0.15) is 245 Å². The minimum absolute atomic E-state index is 0.0923. The molecule has 0 bridgehead atoms. The van der Waals surface area contributed by atoms with E-state index in [0.29, 0.717) is 6.61 Å². The van der Waals surface area contributed by atoms with Gasteiger partial charge >= 0.3 is 13.8 Å². The average molecular weight is 972 g/mol. The number of nitrogens with two attached hydrogens (primary N) is 1. The number of ether oxygens (including phenoxy) is 2. The van der Waals surface area contributed by atoms with Gasteiger partial charge in [0.2, 0.25) is 0 Å². The number of carbonyl (C=O) groups is 1. The van der Waals surface area contributed by atoms with Gasteiger partial charge in [0.15, 0.2) is 0 Å². The van der Waals surface area contributed by atoms with Crippen LogP contribution >= 0.6 is 7.82 Å². The number of carbonyl (C=O) groups excluding carboxylic acids is 1. The minimum Gasteiger partial charge on any atom is -0.457 e. The highest BCUT2D eigenvalue weighted by Gasteiger charge is 2.25. The highest BCUT2D eigenvalue weighted by molar-refractivity contribution is 7.47. The average Bonchev–Trinajstić information content (AvgIpc) is 3.33. The molecule has 0 fully saturated rings. The van der Waals surface area contributed by atoms with E-state index < -0.39 is 13.9 Å². The van der Waals surface area contributed by atoms with Gasteiger partial charge in [0.25, 0.3) is 0 Å². The lowest BCUT2D eigenvalue weighted by Crippen LogP contribution is -2.28. The van der Waals surface area contributed by atoms with Crippen LogP contribution in [0, 0.1) is 0 Å². The van der Waals surface area contributed by atoms with Crippen LogP contribution in [0.2, 0.25) is 0 Å². The molecule has 0 aliphatic heterocycles. The van der Waals surface area contributed by atoms with Gasteiger partial charge < -0.3 is 20.1 Å². The summed E-state index contributed by atoms with van der Waals surface area (Å²) in [5.41, 5.74) is 5.40. The normalized spacial score (nSPS) is 13.9. The molecule has 0 aromatic rings. The third-order valence-corrected chi connectivity index (χ3v) is 12.8. The number of hydrogen-bond acceptors (Lipinski definition) is 7. The van der Waals surface area contributed by atoms with Crippen LogP contribution in [-0.4, -0.2) is 49.9 Å². The molecule has 68 heavy (non-hydrogen) atoms. The number of phosphoric acid groups is 1. The van der Waals surface area contributed by atoms with E-state index in [9.17, 15) is 14.3 Å². The second-order valence-corrected chi connectivity index (χ2v) is 19.9. The van der Waals surface area contributed by atoms with Crippen molar-refractivity contribution in [2.75, 3.05) is 33.0 Å². The molecule has 0 aromatic carbocycles. The number of phosphoric ester groups is 1. The zero-order valence-corrected chi connectivity index (χ0v) is 45.0. The van der Waals surface area contributed by atoms with Crippen LogP contribution in [0.5, 0.6) is 0 Å². The van der Waals surface area contributed by atoms with Gasteiger partial charge in [0.05, 0.1) is 19.8 Å². The number of hydrogen-bond donors (Lipinski definition) is 2. The lowest BCUT2D eigenvalue weighted by Gasteiger charge is -2.20. The zero-order chi connectivity index (χ0) is 49.4. The molecule has 394 valence electrons. The summed E-state index contributed by atoms with van der Waals surface area (Å²) in [6.45, 7) is 4.79. The summed E-state index contributed by atoms with van der Waals surface area (Å²) < 4.78 is 33.6. The molecular formula is C59H106NO7P. The summed E-state index contributed by atoms with van der Waals surface area (Å²) >= 11 is 0. The molecule has 8 nitrogen and oxygen atoms in total.